The summed E-state index contributed by atoms with van der Waals surface area (Å²) in [5.74, 6) is 0. The Labute approximate surface area is 37.4 Å². The molecule has 0 spiro atoms. The Bertz CT molecular complexity index is 119. The van der Waals surface area contributed by atoms with Gasteiger partial charge in [-0.25, -0.2) is 4.21 Å². The average molecular weight is 105 g/mol. The van der Waals surface area contributed by atoms with Crippen molar-refractivity contribution in [2.75, 3.05) is 6.54 Å². The maximum atomic E-state index is 9.74. The molecule has 0 fully saturated rings. The van der Waals surface area contributed by atoms with Crippen LogP contribution in [-0.2, 0) is 11.1 Å². The molecular weight excluding hydrogens is 102 g/mol. The van der Waals surface area contributed by atoms with Crippen LogP contribution in [0.4, 0.5) is 0 Å². The molecule has 4 heteroatoms. The summed E-state index contributed by atoms with van der Waals surface area (Å²) < 4.78 is 17.8. The summed E-state index contributed by atoms with van der Waals surface area (Å²) in [6.45, 7) is 0.489. The Hall–Kier alpha value is -0.220. The van der Waals surface area contributed by atoms with Gasteiger partial charge in [-0.1, -0.05) is 0 Å². The highest BCUT2D eigenvalue weighted by molar-refractivity contribution is 7.96. The Kier molecular flexibility index (Phi) is 0.743. The lowest BCUT2D eigenvalue weighted by molar-refractivity contribution is 0.578. The van der Waals surface area contributed by atoms with Gasteiger partial charge in [0.1, 0.15) is 5.04 Å². The van der Waals surface area contributed by atoms with Crippen LogP contribution in [0.3, 0.4) is 0 Å². The first-order valence-electron chi connectivity index (χ1n) is 1.45. The van der Waals surface area contributed by atoms with Crippen LogP contribution >= 0.6 is 0 Å². The first-order chi connectivity index (χ1) is 2.80. The lowest BCUT2D eigenvalue weighted by atomic mass is 11.0. The van der Waals surface area contributed by atoms with Crippen LogP contribution in [0, 0.1) is 0 Å². The van der Waals surface area contributed by atoms with Crippen LogP contribution in [0.2, 0.25) is 0 Å². The van der Waals surface area contributed by atoms with Gasteiger partial charge >= 0.3 is 0 Å². The summed E-state index contributed by atoms with van der Waals surface area (Å²) in [6, 6.07) is 0. The number of rotatable bonds is 0. The zero-order valence-electron chi connectivity index (χ0n) is 2.92. The quantitative estimate of drug-likeness (QED) is 0.427. The van der Waals surface area contributed by atoms with E-state index < -0.39 is 11.1 Å². The maximum absolute atomic E-state index is 9.74. The van der Waals surface area contributed by atoms with Crippen molar-refractivity contribution >= 4 is 16.1 Å². The van der Waals surface area contributed by atoms with Crippen molar-refractivity contribution in [2.24, 2.45) is 4.99 Å². The lowest BCUT2D eigenvalue weighted by Crippen LogP contribution is -1.91. The summed E-state index contributed by atoms with van der Waals surface area (Å²) in [4.78, 5) is 3.47. The lowest BCUT2D eigenvalue weighted by Gasteiger charge is -1.68. The minimum atomic E-state index is -1.76. The van der Waals surface area contributed by atoms with Gasteiger partial charge in [-0.15, -0.1) is 0 Å². The average Bonchev–Trinajstić information content (AvgIpc) is 2.06. The standard InChI is InChI=1S/C2H3NO2S/c4-6(5)2-1-3-2/h1H2,(H,4,5). The van der Waals surface area contributed by atoms with Crippen molar-refractivity contribution in [3.8, 4) is 0 Å². The largest absolute Gasteiger partial charge is 0.301 e. The van der Waals surface area contributed by atoms with Crippen molar-refractivity contribution in [3.63, 3.8) is 0 Å². The smallest absolute Gasteiger partial charge is 0.202 e. The fourth-order valence-corrected chi connectivity index (χ4v) is 0.428. The molecule has 1 aliphatic heterocycles. The highest BCUT2D eigenvalue weighted by Gasteiger charge is 2.14. The van der Waals surface area contributed by atoms with E-state index in [2.05, 4.69) is 4.99 Å². The first kappa shape index (κ1) is 3.95. The fourth-order valence-electron chi connectivity index (χ4n) is 0.143. The molecule has 0 aromatic heterocycles. The van der Waals surface area contributed by atoms with Gasteiger partial charge in [0.25, 0.3) is 0 Å². The normalized spacial score (nSPS) is 22.5. The molecular formula is C2H3NO2S. The topological polar surface area (TPSA) is 49.7 Å². The third-order valence-electron chi connectivity index (χ3n) is 0.489. The maximum Gasteiger partial charge on any atom is 0.202 e. The Morgan fingerprint density at radius 3 is 2.50 bits per heavy atom. The summed E-state index contributed by atoms with van der Waals surface area (Å²) in [6.07, 6.45) is 0. The van der Waals surface area contributed by atoms with E-state index in [1.807, 2.05) is 0 Å². The van der Waals surface area contributed by atoms with E-state index in [9.17, 15) is 4.21 Å². The van der Waals surface area contributed by atoms with E-state index in [0.29, 0.717) is 11.6 Å². The molecule has 0 bridgehead atoms. The van der Waals surface area contributed by atoms with E-state index in [-0.39, 0.29) is 0 Å². The molecule has 0 aromatic rings. The van der Waals surface area contributed by atoms with Crippen molar-refractivity contribution in [2.45, 2.75) is 0 Å². The number of hydrogen-bond donors (Lipinski definition) is 1. The number of nitrogens with zero attached hydrogens (tertiary/aromatic N) is 1. The third kappa shape index (κ3) is 0.636. The zero-order chi connectivity index (χ0) is 4.57. The van der Waals surface area contributed by atoms with E-state index in [1.165, 1.54) is 0 Å². The summed E-state index contributed by atoms with van der Waals surface area (Å²) in [5, 5.41) is 0.412. The molecule has 0 saturated carbocycles. The van der Waals surface area contributed by atoms with E-state index >= 15 is 0 Å². The molecule has 1 aliphatic rings. The second-order valence-corrected chi connectivity index (χ2v) is 1.93. The molecule has 0 aliphatic carbocycles. The van der Waals surface area contributed by atoms with Crippen LogP contribution in [0.5, 0.6) is 0 Å². The van der Waals surface area contributed by atoms with Crippen LogP contribution < -0.4 is 0 Å². The molecule has 1 unspecified atom stereocenters. The van der Waals surface area contributed by atoms with Gasteiger partial charge in [-0.2, -0.15) is 0 Å². The molecule has 0 aromatic carbocycles. The van der Waals surface area contributed by atoms with Gasteiger partial charge in [0.15, 0.2) is 0 Å². The predicted octanol–water partition coefficient (Wildman–Crippen LogP) is -0.380. The van der Waals surface area contributed by atoms with Crippen molar-refractivity contribution < 1.29 is 8.76 Å². The van der Waals surface area contributed by atoms with Crippen LogP contribution in [0.1, 0.15) is 0 Å². The predicted molar refractivity (Wildman–Crippen MR) is 23.1 cm³/mol. The van der Waals surface area contributed by atoms with Crippen LogP contribution in [0.15, 0.2) is 4.99 Å². The van der Waals surface area contributed by atoms with E-state index in [0.717, 1.165) is 0 Å². The minimum Gasteiger partial charge on any atom is -0.301 e. The van der Waals surface area contributed by atoms with Crippen LogP contribution in [-0.4, -0.2) is 20.4 Å². The molecule has 6 heavy (non-hydrogen) atoms. The zero-order valence-corrected chi connectivity index (χ0v) is 3.73. The highest BCUT2D eigenvalue weighted by atomic mass is 32.2. The summed E-state index contributed by atoms with van der Waals surface area (Å²) in [5.41, 5.74) is 0. The molecule has 34 valence electrons. The molecule has 1 atom stereocenters. The van der Waals surface area contributed by atoms with Gasteiger partial charge in [-0.3, -0.25) is 4.99 Å². The Balaban J connectivity index is 2.52. The molecule has 0 radical (unpaired) electrons. The van der Waals surface area contributed by atoms with Gasteiger partial charge in [0, 0.05) is 0 Å². The summed E-state index contributed by atoms with van der Waals surface area (Å²) >= 11 is -1.76. The molecule has 0 saturated heterocycles. The monoisotopic (exact) mass is 105 g/mol. The minimum absolute atomic E-state index is 0.412. The fraction of sp³-hybridized carbons (Fsp3) is 0.500. The SMILES string of the molecule is O=S(O)C1=NC1. The molecule has 0 amide bonds. The van der Waals surface area contributed by atoms with Crippen molar-refractivity contribution in [1.82, 2.24) is 0 Å². The Morgan fingerprint density at radius 2 is 2.50 bits per heavy atom. The van der Waals surface area contributed by atoms with Gasteiger partial charge < -0.3 is 4.55 Å². The number of aliphatic imine (C=N–C) groups is 1. The third-order valence-corrected chi connectivity index (χ3v) is 1.15. The Morgan fingerprint density at radius 1 is 2.00 bits per heavy atom. The first-order valence-corrected chi connectivity index (χ1v) is 2.55. The van der Waals surface area contributed by atoms with E-state index in [1.54, 1.807) is 0 Å². The molecule has 3 nitrogen and oxygen atoms in total. The highest BCUT2D eigenvalue weighted by Crippen LogP contribution is 1.97. The van der Waals surface area contributed by atoms with Crippen molar-refractivity contribution in [3.05, 3.63) is 0 Å². The summed E-state index contributed by atoms with van der Waals surface area (Å²) in [7, 11) is 0. The number of hydrogen-bond acceptors (Lipinski definition) is 2. The molecule has 1 heterocycles. The second kappa shape index (κ2) is 1.13. The van der Waals surface area contributed by atoms with Gasteiger partial charge in [0.05, 0.1) is 6.54 Å². The van der Waals surface area contributed by atoms with E-state index in [4.69, 9.17) is 4.55 Å². The van der Waals surface area contributed by atoms with Gasteiger partial charge in [-0.05, 0) is 0 Å². The van der Waals surface area contributed by atoms with Crippen LogP contribution in [0.25, 0.3) is 0 Å². The molecule has 1 rings (SSSR count). The molecule has 1 N–H and O–H groups in total. The second-order valence-electron chi connectivity index (χ2n) is 0.959. The van der Waals surface area contributed by atoms with Crippen molar-refractivity contribution in [1.29, 1.82) is 0 Å². The van der Waals surface area contributed by atoms with Gasteiger partial charge in [0.2, 0.25) is 11.1 Å².